The quantitative estimate of drug-likeness (QED) is 0.273. The smallest absolute Gasteiger partial charge is 0.136 e. The number of furan rings is 2. The van der Waals surface area contributed by atoms with E-state index >= 15 is 0 Å². The lowest BCUT2D eigenvalue weighted by Gasteiger charge is -2.23. The Morgan fingerprint density at radius 1 is 0.586 bits per heavy atom. The fourth-order valence-electron chi connectivity index (χ4n) is 4.51. The molecule has 0 N–H and O–H groups in total. The first-order valence-electron chi connectivity index (χ1n) is 9.55. The third kappa shape index (κ3) is 1.87. The van der Waals surface area contributed by atoms with Crippen LogP contribution in [0.5, 0.6) is 11.5 Å². The van der Waals surface area contributed by atoms with Gasteiger partial charge in [0.05, 0.1) is 0 Å². The van der Waals surface area contributed by atoms with Crippen LogP contribution in [0.25, 0.3) is 49.5 Å². The van der Waals surface area contributed by atoms with Crippen LogP contribution in [0.1, 0.15) is 11.1 Å². The lowest BCUT2D eigenvalue weighted by atomic mass is 9.91. The zero-order valence-electron chi connectivity index (χ0n) is 15.4. The number of benzene rings is 4. The van der Waals surface area contributed by atoms with Crippen molar-refractivity contribution in [2.75, 3.05) is 0 Å². The number of ether oxygens (including phenoxy) is 1. The average molecular weight is 374 g/mol. The third-order valence-corrected chi connectivity index (χ3v) is 5.83. The summed E-state index contributed by atoms with van der Waals surface area (Å²) in [4.78, 5) is 0. The first kappa shape index (κ1) is 15.0. The fraction of sp³-hybridized carbons (Fsp3) is 0. The van der Waals surface area contributed by atoms with Gasteiger partial charge in [-0.05, 0) is 42.0 Å². The van der Waals surface area contributed by atoms with Gasteiger partial charge in [-0.15, -0.1) is 0 Å². The molecule has 3 nitrogen and oxygen atoms in total. The summed E-state index contributed by atoms with van der Waals surface area (Å²) >= 11 is 0. The highest BCUT2D eigenvalue weighted by atomic mass is 16.5. The second-order valence-corrected chi connectivity index (χ2v) is 7.43. The predicted octanol–water partition coefficient (Wildman–Crippen LogP) is 7.65. The minimum Gasteiger partial charge on any atom is -0.456 e. The Kier molecular flexibility index (Phi) is 2.63. The van der Waals surface area contributed by atoms with Gasteiger partial charge in [0.15, 0.2) is 0 Å². The molecule has 7 rings (SSSR count). The Hall–Kier alpha value is -3.98. The van der Waals surface area contributed by atoms with Crippen molar-refractivity contribution in [2.24, 2.45) is 0 Å². The van der Waals surface area contributed by atoms with Gasteiger partial charge in [-0.1, -0.05) is 43.0 Å². The zero-order chi connectivity index (χ0) is 19.1. The van der Waals surface area contributed by atoms with E-state index in [4.69, 9.17) is 13.6 Å². The van der Waals surface area contributed by atoms with Crippen LogP contribution in [0.15, 0.2) is 88.2 Å². The van der Waals surface area contributed by atoms with Gasteiger partial charge in [-0.3, -0.25) is 0 Å². The highest BCUT2D eigenvalue weighted by Crippen LogP contribution is 2.49. The van der Waals surface area contributed by atoms with Crippen LogP contribution in [0, 0.1) is 0 Å². The number of fused-ring (bicyclic) bond motifs is 9. The number of hydrogen-bond acceptors (Lipinski definition) is 3. The summed E-state index contributed by atoms with van der Waals surface area (Å²) in [6, 6.07) is 24.2. The van der Waals surface area contributed by atoms with E-state index in [0.717, 1.165) is 72.1 Å². The van der Waals surface area contributed by atoms with Crippen molar-refractivity contribution in [3.63, 3.8) is 0 Å². The molecule has 1 aliphatic heterocycles. The molecule has 0 bridgehead atoms. The molecule has 136 valence electrons. The van der Waals surface area contributed by atoms with Crippen molar-refractivity contribution in [1.82, 2.24) is 0 Å². The second-order valence-electron chi connectivity index (χ2n) is 7.43. The summed E-state index contributed by atoms with van der Waals surface area (Å²) < 4.78 is 18.5. The monoisotopic (exact) mass is 374 g/mol. The Morgan fingerprint density at radius 3 is 2.17 bits per heavy atom. The second kappa shape index (κ2) is 5.09. The summed E-state index contributed by atoms with van der Waals surface area (Å²) in [5.41, 5.74) is 6.25. The van der Waals surface area contributed by atoms with Crippen LogP contribution in [-0.2, 0) is 0 Å². The molecular weight excluding hydrogens is 360 g/mol. The van der Waals surface area contributed by atoms with Gasteiger partial charge < -0.3 is 13.6 Å². The number of hydrogen-bond donors (Lipinski definition) is 0. The highest BCUT2D eigenvalue weighted by Gasteiger charge is 2.26. The minimum absolute atomic E-state index is 0.800. The standard InChI is InChI=1S/C26H14O3/c1-14-17-12-24-18(15-6-2-4-8-19(15)28-24)13-23(17)29-21-10-11-22-26(25(14)21)16-7-3-5-9-20(16)27-22/h2-13H,1H2. The van der Waals surface area contributed by atoms with E-state index in [0.29, 0.717) is 0 Å². The topological polar surface area (TPSA) is 35.5 Å². The Labute approximate surface area is 165 Å². The van der Waals surface area contributed by atoms with E-state index < -0.39 is 0 Å². The lowest BCUT2D eigenvalue weighted by Crippen LogP contribution is -2.02. The van der Waals surface area contributed by atoms with Gasteiger partial charge in [-0.25, -0.2) is 0 Å². The molecule has 0 atom stereocenters. The number of rotatable bonds is 0. The highest BCUT2D eigenvalue weighted by molar-refractivity contribution is 6.14. The van der Waals surface area contributed by atoms with E-state index in [2.05, 4.69) is 24.8 Å². The van der Waals surface area contributed by atoms with E-state index in [9.17, 15) is 0 Å². The Morgan fingerprint density at radius 2 is 1.31 bits per heavy atom. The van der Waals surface area contributed by atoms with Gasteiger partial charge in [-0.2, -0.15) is 0 Å². The fourth-order valence-corrected chi connectivity index (χ4v) is 4.51. The predicted molar refractivity (Wildman–Crippen MR) is 116 cm³/mol. The van der Waals surface area contributed by atoms with Gasteiger partial charge in [0.2, 0.25) is 0 Å². The summed E-state index contributed by atoms with van der Waals surface area (Å²) in [6.07, 6.45) is 0. The van der Waals surface area contributed by atoms with Crippen molar-refractivity contribution in [1.29, 1.82) is 0 Å². The SMILES string of the molecule is C=C1c2cc3oc4ccccc4c3cc2Oc2ccc3oc4ccccc4c3c21. The van der Waals surface area contributed by atoms with Crippen LogP contribution in [0.4, 0.5) is 0 Å². The molecule has 0 saturated carbocycles. The van der Waals surface area contributed by atoms with Crippen LogP contribution >= 0.6 is 0 Å². The molecule has 4 aromatic carbocycles. The summed E-state index contributed by atoms with van der Waals surface area (Å²) in [7, 11) is 0. The largest absolute Gasteiger partial charge is 0.456 e. The molecule has 0 saturated heterocycles. The van der Waals surface area contributed by atoms with Gasteiger partial charge in [0, 0.05) is 32.7 Å². The van der Waals surface area contributed by atoms with Crippen molar-refractivity contribution in [3.05, 3.63) is 90.5 Å². The third-order valence-electron chi connectivity index (χ3n) is 5.83. The summed E-state index contributed by atoms with van der Waals surface area (Å²) in [5.74, 6) is 1.60. The molecule has 3 heterocycles. The summed E-state index contributed by atoms with van der Waals surface area (Å²) in [5, 5.41) is 4.24. The molecular formula is C26H14O3. The van der Waals surface area contributed by atoms with Crippen LogP contribution in [-0.4, -0.2) is 0 Å². The molecule has 0 fully saturated rings. The zero-order valence-corrected chi connectivity index (χ0v) is 15.4. The molecule has 0 amide bonds. The normalized spacial score (nSPS) is 13.2. The maximum absolute atomic E-state index is 6.36. The molecule has 0 aliphatic carbocycles. The molecule has 0 unspecified atom stereocenters. The van der Waals surface area contributed by atoms with Gasteiger partial charge in [0.1, 0.15) is 33.8 Å². The van der Waals surface area contributed by atoms with Crippen molar-refractivity contribution < 1.29 is 13.6 Å². The Bertz CT molecular complexity index is 1650. The van der Waals surface area contributed by atoms with E-state index in [-0.39, 0.29) is 0 Å². The minimum atomic E-state index is 0.800. The van der Waals surface area contributed by atoms with E-state index in [1.165, 1.54) is 0 Å². The van der Waals surface area contributed by atoms with Gasteiger partial charge in [0.25, 0.3) is 0 Å². The first-order chi connectivity index (χ1) is 14.3. The van der Waals surface area contributed by atoms with Crippen molar-refractivity contribution >= 4 is 49.5 Å². The molecule has 3 heteroatoms. The van der Waals surface area contributed by atoms with Crippen LogP contribution < -0.4 is 4.74 Å². The van der Waals surface area contributed by atoms with Crippen LogP contribution in [0.3, 0.4) is 0 Å². The Balaban J connectivity index is 1.55. The van der Waals surface area contributed by atoms with Gasteiger partial charge >= 0.3 is 0 Å². The van der Waals surface area contributed by atoms with E-state index in [1.807, 2.05) is 54.6 Å². The van der Waals surface area contributed by atoms with Crippen LogP contribution in [0.2, 0.25) is 0 Å². The average Bonchev–Trinajstić information content (AvgIpc) is 3.30. The molecule has 6 aromatic rings. The van der Waals surface area contributed by atoms with Crippen molar-refractivity contribution in [3.8, 4) is 11.5 Å². The number of para-hydroxylation sites is 2. The molecule has 0 radical (unpaired) electrons. The summed E-state index contributed by atoms with van der Waals surface area (Å²) in [6.45, 7) is 4.43. The maximum Gasteiger partial charge on any atom is 0.136 e. The first-order valence-corrected chi connectivity index (χ1v) is 9.55. The maximum atomic E-state index is 6.36. The lowest BCUT2D eigenvalue weighted by molar-refractivity contribution is 0.475. The molecule has 2 aromatic heterocycles. The van der Waals surface area contributed by atoms with Crippen molar-refractivity contribution in [2.45, 2.75) is 0 Å². The molecule has 0 spiro atoms. The van der Waals surface area contributed by atoms with E-state index in [1.54, 1.807) is 0 Å². The molecule has 1 aliphatic rings. The molecule has 29 heavy (non-hydrogen) atoms.